The zero-order valence-electron chi connectivity index (χ0n) is 10.8. The highest BCUT2D eigenvalue weighted by molar-refractivity contribution is 5.34. The molecule has 0 aliphatic heterocycles. The maximum Gasteiger partial charge on any atom is 0.128 e. The zero-order chi connectivity index (χ0) is 14.0. The Morgan fingerprint density at radius 3 is 2.74 bits per heavy atom. The first-order valence-corrected chi connectivity index (χ1v) is 5.89. The second-order valence-corrected chi connectivity index (χ2v) is 4.38. The summed E-state index contributed by atoms with van der Waals surface area (Å²) >= 11 is 0. The first-order chi connectivity index (χ1) is 9.06. The summed E-state index contributed by atoms with van der Waals surface area (Å²) in [5, 5.41) is 22.4. The van der Waals surface area contributed by atoms with E-state index in [1.54, 1.807) is 11.6 Å². The first-order valence-electron chi connectivity index (χ1n) is 5.89. The van der Waals surface area contributed by atoms with Crippen LogP contribution in [0.15, 0.2) is 18.2 Å². The molecule has 1 aromatic heterocycles. The number of nitriles is 1. The Morgan fingerprint density at radius 1 is 1.42 bits per heavy atom. The fourth-order valence-corrected chi connectivity index (χ4v) is 2.04. The maximum absolute atomic E-state index is 13.7. The second-order valence-electron chi connectivity index (χ2n) is 4.38. The molecule has 1 aromatic carbocycles. The van der Waals surface area contributed by atoms with Crippen LogP contribution in [-0.4, -0.2) is 14.9 Å². The summed E-state index contributed by atoms with van der Waals surface area (Å²) in [7, 11) is 0. The average molecular weight is 259 g/mol. The monoisotopic (exact) mass is 259 g/mol. The van der Waals surface area contributed by atoms with E-state index in [4.69, 9.17) is 5.26 Å². The van der Waals surface area contributed by atoms with Gasteiger partial charge in [-0.25, -0.2) is 4.39 Å². The van der Waals surface area contributed by atoms with Crippen molar-refractivity contribution in [3.63, 3.8) is 0 Å². The fraction of sp³-hybridized carbons (Fsp3) is 0.286. The molecule has 0 saturated heterocycles. The number of halogens is 1. The van der Waals surface area contributed by atoms with E-state index in [2.05, 4.69) is 5.10 Å². The molecule has 0 fully saturated rings. The SMILES string of the molecule is Cc1nn(Cc2cc(C#N)ccc2F)c(C)c1CO. The normalized spacial score (nSPS) is 10.5. The Kier molecular flexibility index (Phi) is 3.63. The van der Waals surface area contributed by atoms with Gasteiger partial charge in [-0.05, 0) is 32.0 Å². The van der Waals surface area contributed by atoms with Gasteiger partial charge in [0.15, 0.2) is 0 Å². The molecule has 0 radical (unpaired) electrons. The molecular formula is C14H14FN3O. The molecule has 0 aliphatic carbocycles. The van der Waals surface area contributed by atoms with Gasteiger partial charge in [0, 0.05) is 16.8 Å². The molecule has 1 N–H and O–H groups in total. The minimum atomic E-state index is -0.364. The molecule has 19 heavy (non-hydrogen) atoms. The van der Waals surface area contributed by atoms with E-state index in [9.17, 15) is 9.50 Å². The molecule has 1 heterocycles. The van der Waals surface area contributed by atoms with Crippen molar-refractivity contribution in [1.29, 1.82) is 5.26 Å². The summed E-state index contributed by atoms with van der Waals surface area (Å²) < 4.78 is 15.4. The summed E-state index contributed by atoms with van der Waals surface area (Å²) in [6.45, 7) is 3.79. The molecule has 0 bridgehead atoms. The molecule has 0 atom stereocenters. The lowest BCUT2D eigenvalue weighted by Gasteiger charge is -2.07. The van der Waals surface area contributed by atoms with E-state index in [0.717, 1.165) is 17.0 Å². The van der Waals surface area contributed by atoms with Crippen molar-refractivity contribution in [2.45, 2.75) is 27.0 Å². The largest absolute Gasteiger partial charge is 0.392 e. The van der Waals surface area contributed by atoms with Crippen LogP contribution in [0.25, 0.3) is 0 Å². The standard InChI is InChI=1S/C14H14FN3O/c1-9-13(8-19)10(2)18(17-9)7-12-5-11(6-16)3-4-14(12)15/h3-5,19H,7-8H2,1-2H3. The number of aromatic nitrogens is 2. The van der Waals surface area contributed by atoms with Crippen molar-refractivity contribution in [2.24, 2.45) is 0 Å². The summed E-state index contributed by atoms with van der Waals surface area (Å²) in [5.41, 5.74) is 3.13. The van der Waals surface area contributed by atoms with Gasteiger partial charge in [-0.15, -0.1) is 0 Å². The highest BCUT2D eigenvalue weighted by atomic mass is 19.1. The van der Waals surface area contributed by atoms with Crippen LogP contribution in [0.3, 0.4) is 0 Å². The van der Waals surface area contributed by atoms with Crippen molar-refractivity contribution in [2.75, 3.05) is 0 Å². The minimum Gasteiger partial charge on any atom is -0.392 e. The second kappa shape index (κ2) is 5.21. The number of hydrogen-bond acceptors (Lipinski definition) is 3. The molecule has 0 saturated carbocycles. The molecule has 4 nitrogen and oxygen atoms in total. The number of rotatable bonds is 3. The number of hydrogen-bond donors (Lipinski definition) is 1. The lowest BCUT2D eigenvalue weighted by atomic mass is 10.1. The van der Waals surface area contributed by atoms with Gasteiger partial charge in [0.05, 0.1) is 30.5 Å². The van der Waals surface area contributed by atoms with Gasteiger partial charge in [0.1, 0.15) is 5.82 Å². The van der Waals surface area contributed by atoms with Gasteiger partial charge >= 0.3 is 0 Å². The topological polar surface area (TPSA) is 61.8 Å². The van der Waals surface area contributed by atoms with Crippen LogP contribution in [0.2, 0.25) is 0 Å². The third kappa shape index (κ3) is 2.49. The maximum atomic E-state index is 13.7. The van der Waals surface area contributed by atoms with Gasteiger partial charge in [0.2, 0.25) is 0 Å². The third-order valence-electron chi connectivity index (χ3n) is 3.18. The molecule has 0 spiro atoms. The van der Waals surface area contributed by atoms with Gasteiger partial charge in [-0.2, -0.15) is 10.4 Å². The summed E-state index contributed by atoms with van der Waals surface area (Å²) in [6.07, 6.45) is 0. The number of aryl methyl sites for hydroxylation is 1. The lowest BCUT2D eigenvalue weighted by Crippen LogP contribution is -2.06. The Morgan fingerprint density at radius 2 is 2.16 bits per heavy atom. The van der Waals surface area contributed by atoms with Gasteiger partial charge in [-0.3, -0.25) is 4.68 Å². The van der Waals surface area contributed by atoms with Crippen LogP contribution in [0.1, 0.15) is 28.1 Å². The Hall–Kier alpha value is -2.19. The van der Waals surface area contributed by atoms with Crippen molar-refractivity contribution in [1.82, 2.24) is 9.78 Å². The fourth-order valence-electron chi connectivity index (χ4n) is 2.04. The van der Waals surface area contributed by atoms with E-state index in [1.807, 2.05) is 13.0 Å². The number of benzene rings is 1. The average Bonchev–Trinajstić information content (AvgIpc) is 2.66. The predicted molar refractivity (Wildman–Crippen MR) is 67.8 cm³/mol. The van der Waals surface area contributed by atoms with Crippen molar-refractivity contribution >= 4 is 0 Å². The molecule has 0 unspecified atom stereocenters. The minimum absolute atomic E-state index is 0.0849. The smallest absolute Gasteiger partial charge is 0.128 e. The highest BCUT2D eigenvalue weighted by Crippen LogP contribution is 2.17. The molecule has 2 aromatic rings. The van der Waals surface area contributed by atoms with Crippen molar-refractivity contribution in [3.8, 4) is 6.07 Å². The van der Waals surface area contributed by atoms with E-state index < -0.39 is 0 Å². The predicted octanol–water partition coefficient (Wildman–Crippen LogP) is 2.05. The summed E-state index contributed by atoms with van der Waals surface area (Å²) in [4.78, 5) is 0. The van der Waals surface area contributed by atoms with Crippen molar-refractivity contribution < 1.29 is 9.50 Å². The first kappa shape index (κ1) is 13.2. The molecule has 5 heteroatoms. The van der Waals surface area contributed by atoms with Gasteiger partial charge < -0.3 is 5.11 Å². The van der Waals surface area contributed by atoms with Crippen molar-refractivity contribution in [3.05, 3.63) is 52.1 Å². The molecule has 98 valence electrons. The van der Waals surface area contributed by atoms with Crippen LogP contribution in [-0.2, 0) is 13.2 Å². The summed E-state index contributed by atoms with van der Waals surface area (Å²) in [6, 6.07) is 6.23. The van der Waals surface area contributed by atoms with E-state index >= 15 is 0 Å². The number of aliphatic hydroxyl groups excluding tert-OH is 1. The Bertz CT molecular complexity index is 655. The molecular weight excluding hydrogens is 245 g/mol. The van der Waals surface area contributed by atoms with E-state index in [-0.39, 0.29) is 19.0 Å². The molecule has 0 amide bonds. The number of nitrogens with zero attached hydrogens (tertiary/aromatic N) is 3. The van der Waals surface area contributed by atoms with Gasteiger partial charge in [-0.1, -0.05) is 0 Å². The van der Waals surface area contributed by atoms with Crippen LogP contribution in [0.4, 0.5) is 4.39 Å². The molecule has 0 aliphatic rings. The van der Waals surface area contributed by atoms with Gasteiger partial charge in [0.25, 0.3) is 0 Å². The quantitative estimate of drug-likeness (QED) is 0.917. The Balaban J connectivity index is 2.39. The lowest BCUT2D eigenvalue weighted by molar-refractivity contribution is 0.280. The van der Waals surface area contributed by atoms with Crippen LogP contribution >= 0.6 is 0 Å². The van der Waals surface area contributed by atoms with Crippen LogP contribution < -0.4 is 0 Å². The third-order valence-corrected chi connectivity index (χ3v) is 3.18. The number of aliphatic hydroxyl groups is 1. The summed E-state index contributed by atoms with van der Waals surface area (Å²) in [5.74, 6) is -0.364. The van der Waals surface area contributed by atoms with Crippen LogP contribution in [0.5, 0.6) is 0 Å². The molecule has 2 rings (SSSR count). The van der Waals surface area contributed by atoms with E-state index in [0.29, 0.717) is 11.1 Å². The highest BCUT2D eigenvalue weighted by Gasteiger charge is 2.12. The Labute approximate surface area is 110 Å². The zero-order valence-corrected chi connectivity index (χ0v) is 10.8. The van der Waals surface area contributed by atoms with E-state index in [1.165, 1.54) is 18.2 Å². The van der Waals surface area contributed by atoms with Crippen LogP contribution in [0, 0.1) is 31.0 Å².